The molecule has 8 nitrogen and oxygen atoms in total. The van der Waals surface area contributed by atoms with Gasteiger partial charge in [0.1, 0.15) is 17.1 Å². The van der Waals surface area contributed by atoms with Crippen LogP contribution in [-0.4, -0.2) is 51.3 Å². The molecule has 0 spiro atoms. The Balaban J connectivity index is 1.77. The number of ether oxygens (including phenoxy) is 3. The van der Waals surface area contributed by atoms with Crippen LogP contribution in [0.4, 0.5) is 0 Å². The predicted octanol–water partition coefficient (Wildman–Crippen LogP) is 3.97. The van der Waals surface area contributed by atoms with Crippen molar-refractivity contribution in [2.45, 2.75) is 52.2 Å². The molecule has 0 aliphatic rings. The molecule has 34 heavy (non-hydrogen) atoms. The van der Waals surface area contributed by atoms with Gasteiger partial charge < -0.3 is 14.2 Å². The summed E-state index contributed by atoms with van der Waals surface area (Å²) in [7, 11) is -3.42. The summed E-state index contributed by atoms with van der Waals surface area (Å²) in [5, 5.41) is 0. The minimum Gasteiger partial charge on any atom is -0.486 e. The molecule has 0 saturated carbocycles. The molecule has 2 aromatic carbocycles. The third kappa shape index (κ3) is 10.4. The van der Waals surface area contributed by atoms with E-state index in [1.54, 1.807) is 64.1 Å². The van der Waals surface area contributed by atoms with Crippen LogP contribution in [0.15, 0.2) is 48.5 Å². The second kappa shape index (κ2) is 12.0. The molecule has 0 aromatic heterocycles. The number of rotatable bonds is 12. The molecule has 186 valence electrons. The Morgan fingerprint density at radius 3 is 2.09 bits per heavy atom. The minimum absolute atomic E-state index is 0.132. The van der Waals surface area contributed by atoms with Crippen molar-refractivity contribution >= 4 is 21.9 Å². The second-order valence-corrected chi connectivity index (χ2v) is 10.5. The van der Waals surface area contributed by atoms with Crippen molar-refractivity contribution in [3.63, 3.8) is 0 Å². The maximum Gasteiger partial charge on any atom is 0.338 e. The topological polar surface area (TPSA) is 105 Å². The first-order chi connectivity index (χ1) is 15.8. The number of carbonyl (C=O) groups excluding carboxylic acids is 2. The number of esters is 1. The van der Waals surface area contributed by atoms with E-state index in [-0.39, 0.29) is 19.0 Å². The number of aryl methyl sites for hydroxylation is 1. The smallest absolute Gasteiger partial charge is 0.338 e. The third-order valence-electron chi connectivity index (χ3n) is 4.47. The Bertz CT molecular complexity index is 1050. The number of Topliss-reactive ketones (excluding diaryl/α,β-unsaturated/α-hetero) is 1. The van der Waals surface area contributed by atoms with Gasteiger partial charge in [0.25, 0.3) is 10.1 Å². The lowest BCUT2D eigenvalue weighted by molar-refractivity contribution is -0.127. The van der Waals surface area contributed by atoms with Gasteiger partial charge in [-0.1, -0.05) is 12.1 Å². The van der Waals surface area contributed by atoms with Gasteiger partial charge >= 0.3 is 5.97 Å². The van der Waals surface area contributed by atoms with Gasteiger partial charge in [0.2, 0.25) is 5.78 Å². The van der Waals surface area contributed by atoms with Gasteiger partial charge in [-0.05, 0) is 82.5 Å². The van der Waals surface area contributed by atoms with Crippen molar-refractivity contribution in [2.24, 2.45) is 0 Å². The highest BCUT2D eigenvalue weighted by atomic mass is 32.2. The maximum atomic E-state index is 12.4. The second-order valence-electron chi connectivity index (χ2n) is 8.81. The van der Waals surface area contributed by atoms with Crippen molar-refractivity contribution in [1.29, 1.82) is 0 Å². The van der Waals surface area contributed by atoms with E-state index >= 15 is 0 Å². The zero-order valence-electron chi connectivity index (χ0n) is 20.2. The molecule has 0 fully saturated rings. The largest absolute Gasteiger partial charge is 0.486 e. The van der Waals surface area contributed by atoms with E-state index in [1.165, 1.54) is 0 Å². The summed E-state index contributed by atoms with van der Waals surface area (Å²) >= 11 is 0. The lowest BCUT2D eigenvalue weighted by Gasteiger charge is -2.19. The summed E-state index contributed by atoms with van der Waals surface area (Å²) in [6.45, 7) is 7.01. The lowest BCUT2D eigenvalue weighted by Crippen LogP contribution is -2.29. The fourth-order valence-electron chi connectivity index (χ4n) is 2.79. The Morgan fingerprint density at radius 2 is 1.53 bits per heavy atom. The molecule has 1 atom stereocenters. The Hall–Kier alpha value is -2.91. The summed E-state index contributed by atoms with van der Waals surface area (Å²) in [5.41, 5.74) is 0.820. The van der Waals surface area contributed by atoms with Crippen LogP contribution in [0, 0.1) is 0 Å². The van der Waals surface area contributed by atoms with Gasteiger partial charge in [-0.15, -0.1) is 0 Å². The number of ketones is 1. The number of benzene rings is 2. The first-order valence-corrected chi connectivity index (χ1v) is 12.7. The Labute approximate surface area is 201 Å². The standard InChI is InChI=1S/C25H32O8S/c1-18(32-22-14-10-20(11-15-22)24(27)33-25(2,3)4)23(26)17-30-21-12-8-19(9-13-21)7-6-16-31-34(5,28)29/h8-15,18H,6-7,16-17H2,1-5H3. The van der Waals surface area contributed by atoms with Gasteiger partial charge in [0.15, 0.2) is 12.7 Å². The van der Waals surface area contributed by atoms with Crippen LogP contribution in [0.25, 0.3) is 0 Å². The molecule has 1 unspecified atom stereocenters. The van der Waals surface area contributed by atoms with Crippen LogP contribution < -0.4 is 9.47 Å². The zero-order valence-corrected chi connectivity index (χ0v) is 21.0. The molecular weight excluding hydrogens is 460 g/mol. The third-order valence-corrected chi connectivity index (χ3v) is 5.06. The van der Waals surface area contributed by atoms with Crippen LogP contribution in [0.2, 0.25) is 0 Å². The van der Waals surface area contributed by atoms with Crippen LogP contribution >= 0.6 is 0 Å². The Morgan fingerprint density at radius 1 is 0.941 bits per heavy atom. The van der Waals surface area contributed by atoms with Crippen molar-refractivity contribution in [3.05, 3.63) is 59.7 Å². The molecule has 9 heteroatoms. The molecule has 0 N–H and O–H groups in total. The van der Waals surface area contributed by atoms with E-state index < -0.39 is 27.8 Å². The summed E-state index contributed by atoms with van der Waals surface area (Å²) < 4.78 is 43.2. The highest BCUT2D eigenvalue weighted by molar-refractivity contribution is 7.85. The zero-order chi connectivity index (χ0) is 25.4. The molecule has 0 aliphatic heterocycles. The highest BCUT2D eigenvalue weighted by Gasteiger charge is 2.19. The average molecular weight is 493 g/mol. The van der Waals surface area contributed by atoms with E-state index in [2.05, 4.69) is 0 Å². The van der Waals surface area contributed by atoms with Gasteiger partial charge in [-0.3, -0.25) is 8.98 Å². The number of hydrogen-bond donors (Lipinski definition) is 0. The van der Waals surface area contributed by atoms with Gasteiger partial charge in [-0.2, -0.15) is 8.42 Å². The van der Waals surface area contributed by atoms with E-state index in [1.807, 2.05) is 12.1 Å². The van der Waals surface area contributed by atoms with Crippen molar-refractivity contribution < 1.29 is 36.4 Å². The number of carbonyl (C=O) groups is 2. The molecule has 0 saturated heterocycles. The minimum atomic E-state index is -3.42. The average Bonchev–Trinajstić information content (AvgIpc) is 2.74. The van der Waals surface area contributed by atoms with Crippen LogP contribution in [0.5, 0.6) is 11.5 Å². The molecular formula is C25H32O8S. The fraction of sp³-hybridized carbons (Fsp3) is 0.440. The van der Waals surface area contributed by atoms with E-state index in [0.717, 1.165) is 11.8 Å². The SMILES string of the molecule is CC(Oc1ccc(C(=O)OC(C)(C)C)cc1)C(=O)COc1ccc(CCCOS(C)(=O)=O)cc1. The quantitative estimate of drug-likeness (QED) is 0.249. The van der Waals surface area contributed by atoms with Gasteiger partial charge in [-0.25, -0.2) is 4.79 Å². The summed E-state index contributed by atoms with van der Waals surface area (Å²) in [6, 6.07) is 13.6. The molecule has 2 aromatic rings. The lowest BCUT2D eigenvalue weighted by atomic mass is 10.1. The molecule has 0 heterocycles. The van der Waals surface area contributed by atoms with Crippen LogP contribution in [0.3, 0.4) is 0 Å². The molecule has 0 aliphatic carbocycles. The van der Waals surface area contributed by atoms with Crippen molar-refractivity contribution in [1.82, 2.24) is 0 Å². The van der Waals surface area contributed by atoms with Gasteiger partial charge in [0, 0.05) is 0 Å². The fourth-order valence-corrected chi connectivity index (χ4v) is 3.21. The number of hydrogen-bond acceptors (Lipinski definition) is 8. The first-order valence-electron chi connectivity index (χ1n) is 10.9. The first kappa shape index (κ1) is 27.3. The van der Waals surface area contributed by atoms with Crippen molar-refractivity contribution in [3.8, 4) is 11.5 Å². The van der Waals surface area contributed by atoms with E-state index in [4.69, 9.17) is 18.4 Å². The monoisotopic (exact) mass is 492 g/mol. The maximum absolute atomic E-state index is 12.4. The van der Waals surface area contributed by atoms with Crippen LogP contribution in [0.1, 0.15) is 50.0 Å². The van der Waals surface area contributed by atoms with E-state index in [9.17, 15) is 18.0 Å². The molecule has 0 radical (unpaired) electrons. The molecule has 0 amide bonds. The summed E-state index contributed by atoms with van der Waals surface area (Å²) in [4.78, 5) is 24.5. The molecule has 2 rings (SSSR count). The summed E-state index contributed by atoms with van der Waals surface area (Å²) in [6.07, 6.45) is 1.52. The van der Waals surface area contributed by atoms with E-state index in [0.29, 0.717) is 29.9 Å². The molecule has 0 bridgehead atoms. The Kier molecular flexibility index (Phi) is 9.64. The highest BCUT2D eigenvalue weighted by Crippen LogP contribution is 2.18. The van der Waals surface area contributed by atoms with Crippen LogP contribution in [-0.2, 0) is 30.3 Å². The summed E-state index contributed by atoms with van der Waals surface area (Å²) in [5.74, 6) is 0.332. The normalized spacial score (nSPS) is 12.6. The predicted molar refractivity (Wildman–Crippen MR) is 128 cm³/mol. The van der Waals surface area contributed by atoms with Gasteiger partial charge in [0.05, 0.1) is 18.4 Å². The van der Waals surface area contributed by atoms with Crippen molar-refractivity contribution in [2.75, 3.05) is 19.5 Å².